The smallest absolute Gasteiger partial charge is 0.296 e. The number of nitrogens with zero attached hydrogens (tertiary/aromatic N) is 4. The number of amides is 2. The molecule has 0 aliphatic carbocycles. The molecule has 4 rings (SSSR count). The fraction of sp³-hybridized carbons (Fsp3) is 0.227. The van der Waals surface area contributed by atoms with Gasteiger partial charge in [-0.3, -0.25) is 14.1 Å². The van der Waals surface area contributed by atoms with Gasteiger partial charge in [0.2, 0.25) is 27.8 Å². The summed E-state index contributed by atoms with van der Waals surface area (Å²) in [6, 6.07) is 8.61. The Morgan fingerprint density at radius 3 is 2.00 bits per heavy atom. The fourth-order valence-corrected chi connectivity index (χ4v) is 6.92. The van der Waals surface area contributed by atoms with Crippen LogP contribution in [0, 0.1) is 11.8 Å². The summed E-state index contributed by atoms with van der Waals surface area (Å²) in [6.45, 7) is -0.815. The van der Waals surface area contributed by atoms with Crippen molar-refractivity contribution >= 4 is 43.6 Å². The van der Waals surface area contributed by atoms with Crippen molar-refractivity contribution in [1.82, 2.24) is 19.3 Å². The topological polar surface area (TPSA) is 269 Å². The summed E-state index contributed by atoms with van der Waals surface area (Å²) < 4.78 is 63.9. The Kier molecular flexibility index (Phi) is 7.26. The quantitative estimate of drug-likeness (QED) is 0.171. The molecular weight excluding hydrogens is 552 g/mol. The van der Waals surface area contributed by atoms with Gasteiger partial charge < -0.3 is 22.9 Å². The van der Waals surface area contributed by atoms with E-state index in [2.05, 4.69) is 15.0 Å². The average molecular weight is 577 g/mol. The molecule has 0 spiro atoms. The third-order valence-corrected chi connectivity index (χ3v) is 9.04. The first kappa shape index (κ1) is 27.8. The minimum absolute atomic E-state index is 0.0599. The number of aromatic nitrogens is 3. The van der Waals surface area contributed by atoms with Crippen LogP contribution in [0.3, 0.4) is 0 Å². The summed E-state index contributed by atoms with van der Waals surface area (Å²) in [5.74, 6) is -4.34. The van der Waals surface area contributed by atoms with Gasteiger partial charge >= 0.3 is 0 Å². The van der Waals surface area contributed by atoms with E-state index in [0.717, 1.165) is 10.6 Å². The summed E-state index contributed by atoms with van der Waals surface area (Å²) in [5.41, 5.74) is 22.1. The van der Waals surface area contributed by atoms with Crippen LogP contribution in [-0.2, 0) is 29.7 Å². The Balaban J connectivity index is 2.10. The molecule has 0 saturated carbocycles. The molecule has 1 aromatic heterocycles. The number of benzene rings is 2. The molecule has 2 amide bonds. The molecule has 2 unspecified atom stereocenters. The number of nitrogen functional groups attached to an aromatic ring is 2. The van der Waals surface area contributed by atoms with Gasteiger partial charge in [0, 0.05) is 18.7 Å². The number of sulfonamides is 1. The van der Waals surface area contributed by atoms with Gasteiger partial charge in [0.05, 0.1) is 28.0 Å². The number of piperidine rings is 1. The zero-order chi connectivity index (χ0) is 28.7. The minimum atomic E-state index is -5.09. The van der Waals surface area contributed by atoms with E-state index in [0.29, 0.717) is 6.07 Å². The van der Waals surface area contributed by atoms with E-state index in [4.69, 9.17) is 22.9 Å². The maximum absolute atomic E-state index is 14.2. The van der Waals surface area contributed by atoms with Crippen LogP contribution in [0.15, 0.2) is 52.5 Å². The average Bonchev–Trinajstić information content (AvgIpc) is 2.87. The van der Waals surface area contributed by atoms with Crippen molar-refractivity contribution in [3.8, 4) is 22.5 Å². The Hall–Kier alpha value is -4.19. The Labute approximate surface area is 223 Å². The normalized spacial score (nSPS) is 18.5. The standard InChI is InChI=1S/C22H24N8O7S2/c23-18-15(39(35,36)37)7-14(38(33,34)30-8-12(19(24)31)6-13(9-30)20(25)32)16(11-4-2-1-3-5-11)17(18)21-27-10-28-22(26)29-21/h1-5,7,10,12-13H,6,8-9,23H2,(H2,24,31)(H2,25,32)(H,35,36,37)(H2,26,27,28,29). The van der Waals surface area contributed by atoms with Crippen LogP contribution in [0.25, 0.3) is 22.5 Å². The zero-order valence-corrected chi connectivity index (χ0v) is 21.8. The van der Waals surface area contributed by atoms with Crippen molar-refractivity contribution < 1.29 is 31.0 Å². The highest BCUT2D eigenvalue weighted by Crippen LogP contribution is 2.44. The molecule has 1 aliphatic rings. The van der Waals surface area contributed by atoms with E-state index >= 15 is 0 Å². The van der Waals surface area contributed by atoms with Crippen LogP contribution in [-0.4, -0.2) is 65.5 Å². The highest BCUT2D eigenvalue weighted by atomic mass is 32.2. The first-order chi connectivity index (χ1) is 18.2. The molecule has 15 nitrogen and oxygen atoms in total. The number of rotatable bonds is 7. The molecule has 1 aliphatic heterocycles. The molecule has 1 saturated heterocycles. The number of carbonyl (C=O) groups excluding carboxylic acids is 2. The van der Waals surface area contributed by atoms with Crippen LogP contribution in [0.1, 0.15) is 6.42 Å². The van der Waals surface area contributed by atoms with E-state index in [1.807, 2.05) is 0 Å². The van der Waals surface area contributed by atoms with E-state index < -0.39 is 72.4 Å². The lowest BCUT2D eigenvalue weighted by Crippen LogP contribution is -2.50. The molecule has 2 heterocycles. The second kappa shape index (κ2) is 10.2. The first-order valence-corrected chi connectivity index (χ1v) is 14.1. The number of carbonyl (C=O) groups is 2. The summed E-state index contributed by atoms with van der Waals surface area (Å²) in [5, 5.41) is 0. The second-order valence-corrected chi connectivity index (χ2v) is 12.1. The van der Waals surface area contributed by atoms with E-state index in [-0.39, 0.29) is 34.9 Å². The summed E-state index contributed by atoms with van der Waals surface area (Å²) in [4.78, 5) is 34.1. The van der Waals surface area contributed by atoms with E-state index in [1.54, 1.807) is 18.2 Å². The third kappa shape index (κ3) is 5.37. The van der Waals surface area contributed by atoms with Crippen LogP contribution in [0.5, 0.6) is 0 Å². The molecule has 2 atom stereocenters. The molecule has 0 bridgehead atoms. The Bertz CT molecular complexity index is 1660. The van der Waals surface area contributed by atoms with Gasteiger partial charge in [-0.05, 0) is 18.1 Å². The molecule has 39 heavy (non-hydrogen) atoms. The van der Waals surface area contributed by atoms with Gasteiger partial charge in [-0.1, -0.05) is 30.3 Å². The van der Waals surface area contributed by atoms with E-state index in [1.165, 1.54) is 12.1 Å². The number of nitrogens with two attached hydrogens (primary N) is 4. The maximum Gasteiger partial charge on any atom is 0.296 e. The lowest BCUT2D eigenvalue weighted by molar-refractivity contribution is -0.127. The van der Waals surface area contributed by atoms with Crippen molar-refractivity contribution in [1.29, 1.82) is 0 Å². The number of anilines is 2. The van der Waals surface area contributed by atoms with Crippen molar-refractivity contribution in [3.05, 3.63) is 42.7 Å². The zero-order valence-electron chi connectivity index (χ0n) is 20.1. The van der Waals surface area contributed by atoms with Gasteiger partial charge in [-0.25, -0.2) is 18.4 Å². The van der Waals surface area contributed by atoms with Crippen LogP contribution in [0.4, 0.5) is 11.6 Å². The number of hydrogen-bond donors (Lipinski definition) is 5. The van der Waals surface area contributed by atoms with E-state index in [9.17, 15) is 31.0 Å². The predicted octanol–water partition coefficient (Wildman–Crippen LogP) is -0.786. The molecule has 206 valence electrons. The van der Waals surface area contributed by atoms with Crippen LogP contribution < -0.4 is 22.9 Å². The molecule has 2 aromatic carbocycles. The molecular formula is C22H24N8O7S2. The number of hydrogen-bond acceptors (Lipinski definition) is 11. The highest BCUT2D eigenvalue weighted by Gasteiger charge is 2.41. The minimum Gasteiger partial charge on any atom is -0.397 e. The van der Waals surface area contributed by atoms with Gasteiger partial charge in [-0.2, -0.15) is 17.7 Å². The van der Waals surface area contributed by atoms with Gasteiger partial charge in [0.15, 0.2) is 5.82 Å². The van der Waals surface area contributed by atoms with Crippen molar-refractivity contribution in [3.63, 3.8) is 0 Å². The summed E-state index contributed by atoms with van der Waals surface area (Å²) in [6.07, 6.45) is 0.954. The SMILES string of the molecule is NC(=O)C1CC(C(N)=O)CN(S(=O)(=O)c2cc(S(=O)(=O)O)c(N)c(-c3ncnc(N)n3)c2-c2ccccc2)C1. The van der Waals surface area contributed by atoms with Crippen LogP contribution >= 0.6 is 0 Å². The first-order valence-electron chi connectivity index (χ1n) is 11.2. The predicted molar refractivity (Wildman–Crippen MR) is 138 cm³/mol. The molecule has 1 fully saturated rings. The third-order valence-electron chi connectivity index (χ3n) is 6.29. The fourth-order valence-electron chi connectivity index (χ4n) is 4.43. The van der Waals surface area contributed by atoms with Crippen molar-refractivity contribution in [2.24, 2.45) is 23.3 Å². The van der Waals surface area contributed by atoms with Crippen molar-refractivity contribution in [2.75, 3.05) is 24.6 Å². The molecule has 9 N–H and O–H groups in total. The van der Waals surface area contributed by atoms with Gasteiger partial charge in [-0.15, -0.1) is 0 Å². The summed E-state index contributed by atoms with van der Waals surface area (Å²) >= 11 is 0. The lowest BCUT2D eigenvalue weighted by Gasteiger charge is -2.35. The van der Waals surface area contributed by atoms with Crippen molar-refractivity contribution in [2.45, 2.75) is 16.2 Å². The highest BCUT2D eigenvalue weighted by molar-refractivity contribution is 7.89. The maximum atomic E-state index is 14.2. The second-order valence-electron chi connectivity index (χ2n) is 8.80. The Morgan fingerprint density at radius 1 is 0.897 bits per heavy atom. The monoisotopic (exact) mass is 576 g/mol. The lowest BCUT2D eigenvalue weighted by atomic mass is 9.89. The Morgan fingerprint density at radius 2 is 1.49 bits per heavy atom. The molecule has 17 heteroatoms. The molecule has 3 aromatic rings. The summed E-state index contributed by atoms with van der Waals surface area (Å²) in [7, 11) is -9.82. The number of primary amides is 2. The largest absolute Gasteiger partial charge is 0.397 e. The van der Waals surface area contributed by atoms with Crippen LogP contribution in [0.2, 0.25) is 0 Å². The van der Waals surface area contributed by atoms with Gasteiger partial charge in [0.25, 0.3) is 10.1 Å². The van der Waals surface area contributed by atoms with Gasteiger partial charge in [0.1, 0.15) is 11.2 Å². The molecule has 0 radical (unpaired) electrons.